The maximum absolute atomic E-state index is 12.7. The molecule has 2 aromatic heterocycles. The largest absolute Gasteiger partial charge is 0.385 e. The fourth-order valence-corrected chi connectivity index (χ4v) is 3.77. The molecule has 2 atom stereocenters. The van der Waals surface area contributed by atoms with Crippen molar-refractivity contribution in [1.29, 1.82) is 0 Å². The van der Waals surface area contributed by atoms with E-state index in [9.17, 15) is 4.79 Å². The van der Waals surface area contributed by atoms with Gasteiger partial charge >= 0.3 is 6.03 Å². The number of likely N-dealkylation sites (tertiary alicyclic amines) is 1. The Labute approximate surface area is 175 Å². The molecule has 0 unspecified atom stereocenters. The van der Waals surface area contributed by atoms with Crippen LogP contribution in [0.3, 0.4) is 0 Å². The standard InChI is InChI=1S/C22H25N5O3/c1-29-12-6-11-24-22(28)27-14-18(17-9-5-10-23-13-17)19(15-27)21-25-20(26-30-21)16-7-3-2-4-8-16/h2-5,7-10,13,18-19H,6,11-12,14-15H2,1H3,(H,24,28)/t18-,19+/m0/s1. The van der Waals surface area contributed by atoms with Crippen LogP contribution in [0.4, 0.5) is 4.79 Å². The van der Waals surface area contributed by atoms with Gasteiger partial charge in [-0.15, -0.1) is 0 Å². The Morgan fingerprint density at radius 1 is 1.20 bits per heavy atom. The molecule has 8 nitrogen and oxygen atoms in total. The third-order valence-electron chi connectivity index (χ3n) is 5.31. The molecule has 1 saturated heterocycles. The topological polar surface area (TPSA) is 93.4 Å². The van der Waals surface area contributed by atoms with Crippen LogP contribution in [-0.2, 0) is 4.74 Å². The Bertz CT molecular complexity index is 948. The molecule has 30 heavy (non-hydrogen) atoms. The molecule has 8 heteroatoms. The SMILES string of the molecule is COCCCNC(=O)N1C[C@@H](c2cccnc2)[C@H](c2nc(-c3ccccc3)no2)C1. The summed E-state index contributed by atoms with van der Waals surface area (Å²) in [5.74, 6) is 1.03. The number of pyridine rings is 1. The van der Waals surface area contributed by atoms with E-state index in [0.29, 0.717) is 38.0 Å². The molecule has 1 fully saturated rings. The molecule has 1 aliphatic heterocycles. The molecule has 0 saturated carbocycles. The van der Waals surface area contributed by atoms with Gasteiger partial charge in [-0.3, -0.25) is 4.98 Å². The number of ether oxygens (including phenoxy) is 1. The Balaban J connectivity index is 1.54. The molecule has 4 rings (SSSR count). The number of methoxy groups -OCH3 is 1. The van der Waals surface area contributed by atoms with Crippen LogP contribution >= 0.6 is 0 Å². The van der Waals surface area contributed by atoms with Gasteiger partial charge in [0.15, 0.2) is 0 Å². The van der Waals surface area contributed by atoms with Gasteiger partial charge in [0, 0.05) is 57.2 Å². The number of carbonyl (C=O) groups excluding carboxylic acids is 1. The summed E-state index contributed by atoms with van der Waals surface area (Å²) in [6.07, 6.45) is 4.36. The van der Waals surface area contributed by atoms with E-state index in [0.717, 1.165) is 17.5 Å². The number of rotatable bonds is 7. The van der Waals surface area contributed by atoms with Gasteiger partial charge in [0.05, 0.1) is 5.92 Å². The summed E-state index contributed by atoms with van der Waals surface area (Å²) in [6.45, 7) is 2.26. The number of urea groups is 1. The molecule has 156 valence electrons. The van der Waals surface area contributed by atoms with Crippen LogP contribution < -0.4 is 5.32 Å². The highest BCUT2D eigenvalue weighted by atomic mass is 16.5. The van der Waals surface area contributed by atoms with E-state index >= 15 is 0 Å². The number of nitrogens with one attached hydrogen (secondary N) is 1. The van der Waals surface area contributed by atoms with Crippen molar-refractivity contribution < 1.29 is 14.1 Å². The van der Waals surface area contributed by atoms with Gasteiger partial charge in [0.1, 0.15) is 0 Å². The highest BCUT2D eigenvalue weighted by molar-refractivity contribution is 5.74. The van der Waals surface area contributed by atoms with Gasteiger partial charge in [-0.1, -0.05) is 41.6 Å². The normalized spacial score (nSPS) is 18.5. The van der Waals surface area contributed by atoms with E-state index in [1.54, 1.807) is 13.3 Å². The Morgan fingerprint density at radius 2 is 2.03 bits per heavy atom. The van der Waals surface area contributed by atoms with Crippen molar-refractivity contribution in [1.82, 2.24) is 25.3 Å². The van der Waals surface area contributed by atoms with E-state index < -0.39 is 0 Å². The van der Waals surface area contributed by atoms with Crippen molar-refractivity contribution in [2.24, 2.45) is 0 Å². The van der Waals surface area contributed by atoms with E-state index in [-0.39, 0.29) is 17.9 Å². The third kappa shape index (κ3) is 4.49. The molecule has 0 aliphatic carbocycles. The van der Waals surface area contributed by atoms with Crippen LogP contribution in [0, 0.1) is 0 Å². The summed E-state index contributed by atoms with van der Waals surface area (Å²) in [5.41, 5.74) is 1.95. The molecule has 3 heterocycles. The van der Waals surface area contributed by atoms with Crippen LogP contribution in [0.5, 0.6) is 0 Å². The molecular weight excluding hydrogens is 382 g/mol. The van der Waals surface area contributed by atoms with Gasteiger partial charge in [0.2, 0.25) is 11.7 Å². The number of carbonyl (C=O) groups is 1. The molecular formula is C22H25N5O3. The predicted molar refractivity (Wildman–Crippen MR) is 111 cm³/mol. The summed E-state index contributed by atoms with van der Waals surface area (Å²) in [5, 5.41) is 7.12. The van der Waals surface area contributed by atoms with Crippen molar-refractivity contribution in [2.45, 2.75) is 18.3 Å². The maximum Gasteiger partial charge on any atom is 0.317 e. The zero-order chi connectivity index (χ0) is 20.8. The molecule has 0 radical (unpaired) electrons. The summed E-state index contributed by atoms with van der Waals surface area (Å²) in [7, 11) is 1.65. The van der Waals surface area contributed by atoms with Crippen LogP contribution in [0.25, 0.3) is 11.4 Å². The lowest BCUT2D eigenvalue weighted by atomic mass is 9.90. The van der Waals surface area contributed by atoms with Crippen molar-refractivity contribution >= 4 is 6.03 Å². The number of aromatic nitrogens is 3. The maximum atomic E-state index is 12.7. The first-order valence-electron chi connectivity index (χ1n) is 10.1. The van der Waals surface area contributed by atoms with Gasteiger partial charge in [-0.05, 0) is 18.1 Å². The highest BCUT2D eigenvalue weighted by Gasteiger charge is 2.40. The second-order valence-corrected chi connectivity index (χ2v) is 7.30. The Hall–Kier alpha value is -3.26. The fraction of sp³-hybridized carbons (Fsp3) is 0.364. The van der Waals surface area contributed by atoms with Crippen LogP contribution in [-0.4, -0.2) is 59.4 Å². The number of hydrogen-bond donors (Lipinski definition) is 1. The Kier molecular flexibility index (Phi) is 6.34. The number of amides is 2. The minimum absolute atomic E-state index is 0.0347. The van der Waals surface area contributed by atoms with E-state index in [1.165, 1.54) is 0 Å². The monoisotopic (exact) mass is 407 g/mol. The molecule has 1 aliphatic rings. The molecule has 3 aromatic rings. The number of benzene rings is 1. The second-order valence-electron chi connectivity index (χ2n) is 7.30. The van der Waals surface area contributed by atoms with E-state index in [2.05, 4.69) is 20.4 Å². The molecule has 2 amide bonds. The molecule has 0 bridgehead atoms. The zero-order valence-corrected chi connectivity index (χ0v) is 16.9. The van der Waals surface area contributed by atoms with Crippen molar-refractivity contribution in [3.8, 4) is 11.4 Å². The van der Waals surface area contributed by atoms with Crippen LogP contribution in [0.15, 0.2) is 59.4 Å². The lowest BCUT2D eigenvalue weighted by molar-refractivity contribution is 0.188. The minimum Gasteiger partial charge on any atom is -0.385 e. The first-order chi connectivity index (χ1) is 14.8. The minimum atomic E-state index is -0.0936. The Morgan fingerprint density at radius 3 is 2.80 bits per heavy atom. The van der Waals surface area contributed by atoms with Gasteiger partial charge in [-0.2, -0.15) is 4.98 Å². The smallest absolute Gasteiger partial charge is 0.317 e. The van der Waals surface area contributed by atoms with Gasteiger partial charge in [0.25, 0.3) is 0 Å². The van der Waals surface area contributed by atoms with E-state index in [1.807, 2.05) is 53.6 Å². The second kappa shape index (κ2) is 9.49. The summed E-state index contributed by atoms with van der Waals surface area (Å²) < 4.78 is 10.7. The fourth-order valence-electron chi connectivity index (χ4n) is 3.77. The average Bonchev–Trinajstić information content (AvgIpc) is 3.45. The third-order valence-corrected chi connectivity index (χ3v) is 5.31. The lowest BCUT2D eigenvalue weighted by Gasteiger charge is -2.17. The van der Waals surface area contributed by atoms with Crippen LogP contribution in [0.2, 0.25) is 0 Å². The molecule has 0 spiro atoms. The zero-order valence-electron chi connectivity index (χ0n) is 16.9. The summed E-state index contributed by atoms with van der Waals surface area (Å²) in [6, 6.07) is 13.6. The van der Waals surface area contributed by atoms with Crippen LogP contribution in [0.1, 0.15) is 29.7 Å². The first-order valence-corrected chi connectivity index (χ1v) is 10.1. The van der Waals surface area contributed by atoms with E-state index in [4.69, 9.17) is 9.26 Å². The van der Waals surface area contributed by atoms with Gasteiger partial charge in [-0.25, -0.2) is 4.79 Å². The first kappa shape index (κ1) is 20.0. The average molecular weight is 407 g/mol. The molecule has 1 N–H and O–H groups in total. The molecule has 1 aromatic carbocycles. The lowest BCUT2D eigenvalue weighted by Crippen LogP contribution is -2.39. The van der Waals surface area contributed by atoms with Crippen molar-refractivity contribution in [2.75, 3.05) is 33.4 Å². The number of nitrogens with zero attached hydrogens (tertiary/aromatic N) is 4. The predicted octanol–water partition coefficient (Wildman–Crippen LogP) is 3.06. The van der Waals surface area contributed by atoms with Gasteiger partial charge < -0.3 is 19.5 Å². The highest BCUT2D eigenvalue weighted by Crippen LogP contribution is 2.39. The summed E-state index contributed by atoms with van der Waals surface area (Å²) >= 11 is 0. The quantitative estimate of drug-likeness (QED) is 0.605. The van der Waals surface area contributed by atoms with Crippen molar-refractivity contribution in [3.05, 3.63) is 66.3 Å². The summed E-state index contributed by atoms with van der Waals surface area (Å²) in [4.78, 5) is 23.4. The van der Waals surface area contributed by atoms with Crippen molar-refractivity contribution in [3.63, 3.8) is 0 Å². The number of hydrogen-bond acceptors (Lipinski definition) is 6.